The normalized spacial score (nSPS) is 15.6. The largest absolute Gasteiger partial charge is 0.488 e. The van der Waals surface area contributed by atoms with Crippen LogP contribution in [0.1, 0.15) is 22.5 Å². The van der Waals surface area contributed by atoms with Crippen LogP contribution < -0.4 is 15.0 Å². The molecule has 32 heavy (non-hydrogen) atoms. The van der Waals surface area contributed by atoms with Crippen LogP contribution in [0.5, 0.6) is 5.75 Å². The topological polar surface area (TPSA) is 70.8 Å². The highest BCUT2D eigenvalue weighted by atomic mass is 35.5. The number of carbonyl (C=O) groups excluding carboxylic acids is 1. The van der Waals surface area contributed by atoms with Gasteiger partial charge in [0.2, 0.25) is 0 Å². The summed E-state index contributed by atoms with van der Waals surface area (Å²) in [6, 6.07) is 15.6. The van der Waals surface area contributed by atoms with Gasteiger partial charge in [0.15, 0.2) is 11.5 Å². The van der Waals surface area contributed by atoms with Crippen molar-refractivity contribution in [3.63, 3.8) is 0 Å². The summed E-state index contributed by atoms with van der Waals surface area (Å²) >= 11 is 6.11. The van der Waals surface area contributed by atoms with Gasteiger partial charge in [0.25, 0.3) is 5.91 Å². The van der Waals surface area contributed by atoms with Gasteiger partial charge in [-0.2, -0.15) is 0 Å². The summed E-state index contributed by atoms with van der Waals surface area (Å²) in [6.45, 7) is 5.75. The van der Waals surface area contributed by atoms with Gasteiger partial charge in [-0.05, 0) is 43.3 Å². The van der Waals surface area contributed by atoms with Crippen molar-refractivity contribution >= 4 is 23.2 Å². The number of nitrogens with one attached hydrogen (secondary N) is 1. The minimum Gasteiger partial charge on any atom is -0.488 e. The van der Waals surface area contributed by atoms with Crippen LogP contribution in [0, 0.1) is 0 Å². The second kappa shape index (κ2) is 9.22. The average Bonchev–Trinajstić information content (AvgIpc) is 3.27. The van der Waals surface area contributed by atoms with E-state index in [1.807, 2.05) is 42.5 Å². The summed E-state index contributed by atoms with van der Waals surface area (Å²) in [5.74, 6) is 1.15. The number of piperazine rings is 1. The molecule has 0 bridgehead atoms. The van der Waals surface area contributed by atoms with E-state index in [9.17, 15) is 4.79 Å². The maximum Gasteiger partial charge on any atom is 0.273 e. The van der Waals surface area contributed by atoms with E-state index in [0.717, 1.165) is 55.5 Å². The Bertz CT molecular complexity index is 1110. The van der Waals surface area contributed by atoms with Gasteiger partial charge in [-0.1, -0.05) is 35.0 Å². The molecule has 8 heteroatoms. The number of aromatic nitrogens is 1. The van der Waals surface area contributed by atoms with E-state index in [1.54, 1.807) is 0 Å². The Morgan fingerprint density at radius 1 is 1.09 bits per heavy atom. The third-order valence-electron chi connectivity index (χ3n) is 5.99. The van der Waals surface area contributed by atoms with Crippen LogP contribution in [0.3, 0.4) is 0 Å². The van der Waals surface area contributed by atoms with Crippen molar-refractivity contribution in [3.8, 4) is 17.1 Å². The average molecular weight is 453 g/mol. The van der Waals surface area contributed by atoms with E-state index in [1.165, 1.54) is 5.69 Å². The molecule has 0 atom stereocenters. The number of nitrogens with zero attached hydrogens (tertiary/aromatic N) is 3. The fourth-order valence-electron chi connectivity index (χ4n) is 4.25. The van der Waals surface area contributed by atoms with Crippen LogP contribution in [0.4, 0.5) is 5.69 Å². The zero-order valence-electron chi connectivity index (χ0n) is 17.7. The third kappa shape index (κ3) is 4.31. The van der Waals surface area contributed by atoms with E-state index >= 15 is 0 Å². The maximum absolute atomic E-state index is 12.6. The number of carbonyl (C=O) groups is 1. The Balaban J connectivity index is 1.08. The lowest BCUT2D eigenvalue weighted by atomic mass is 10.0. The van der Waals surface area contributed by atoms with Gasteiger partial charge in [0.05, 0.1) is 11.1 Å². The van der Waals surface area contributed by atoms with Gasteiger partial charge in [-0.25, -0.2) is 0 Å². The zero-order valence-corrected chi connectivity index (χ0v) is 18.5. The van der Waals surface area contributed by atoms with Crippen LogP contribution in [0.2, 0.25) is 5.02 Å². The molecule has 2 aliphatic rings. The Morgan fingerprint density at radius 3 is 2.78 bits per heavy atom. The van der Waals surface area contributed by atoms with Crippen molar-refractivity contribution in [2.75, 3.05) is 44.2 Å². The maximum atomic E-state index is 12.6. The number of amides is 1. The molecule has 0 radical (unpaired) electrons. The molecule has 0 spiro atoms. The smallest absolute Gasteiger partial charge is 0.273 e. The standard InChI is InChI=1S/C24H25ClN4O3/c25-17-5-3-6-18(15-17)29-13-11-28(12-14-29)10-4-9-26-24(30)22-20-16-31-21-8-2-1-7-19(21)23(20)32-27-22/h1-3,5-8,15H,4,9-14,16H2,(H,26,30). The number of halogens is 1. The van der Waals surface area contributed by atoms with Crippen LogP contribution in [0.15, 0.2) is 53.1 Å². The molecule has 0 aliphatic carbocycles. The number of ether oxygens (including phenoxy) is 1. The van der Waals surface area contributed by atoms with Crippen molar-refractivity contribution in [3.05, 3.63) is 64.8 Å². The fraction of sp³-hybridized carbons (Fsp3) is 0.333. The molecule has 166 valence electrons. The molecule has 0 saturated carbocycles. The van der Waals surface area contributed by atoms with Crippen molar-refractivity contribution in [2.45, 2.75) is 13.0 Å². The number of fused-ring (bicyclic) bond motifs is 3. The molecule has 3 heterocycles. The van der Waals surface area contributed by atoms with Crippen LogP contribution in [-0.2, 0) is 6.61 Å². The predicted molar refractivity (Wildman–Crippen MR) is 123 cm³/mol. The Labute approximate surface area is 191 Å². The lowest BCUT2D eigenvalue weighted by Crippen LogP contribution is -2.47. The highest BCUT2D eigenvalue weighted by Crippen LogP contribution is 2.38. The van der Waals surface area contributed by atoms with E-state index in [0.29, 0.717) is 23.6 Å². The summed E-state index contributed by atoms with van der Waals surface area (Å²) in [7, 11) is 0. The molecule has 1 saturated heterocycles. The molecule has 2 aromatic carbocycles. The molecule has 1 aromatic heterocycles. The summed E-state index contributed by atoms with van der Waals surface area (Å²) in [5, 5.41) is 7.76. The predicted octanol–water partition coefficient (Wildman–Crippen LogP) is 3.83. The van der Waals surface area contributed by atoms with Gasteiger partial charge in [0.1, 0.15) is 12.4 Å². The number of hydrogen-bond donors (Lipinski definition) is 1. The molecule has 1 amide bonds. The van der Waals surface area contributed by atoms with E-state index < -0.39 is 0 Å². The highest BCUT2D eigenvalue weighted by molar-refractivity contribution is 6.30. The molecular formula is C24H25ClN4O3. The summed E-state index contributed by atoms with van der Waals surface area (Å²) in [5.41, 5.74) is 3.02. The highest BCUT2D eigenvalue weighted by Gasteiger charge is 2.28. The van der Waals surface area contributed by atoms with Gasteiger partial charge in [0, 0.05) is 43.4 Å². The van der Waals surface area contributed by atoms with Gasteiger partial charge in [-0.15, -0.1) is 0 Å². The first-order valence-corrected chi connectivity index (χ1v) is 11.3. The van der Waals surface area contributed by atoms with Crippen molar-refractivity contribution < 1.29 is 14.1 Å². The molecular weight excluding hydrogens is 428 g/mol. The first-order chi connectivity index (χ1) is 15.7. The van der Waals surface area contributed by atoms with Gasteiger partial charge < -0.3 is 19.5 Å². The first-order valence-electron chi connectivity index (χ1n) is 10.9. The van der Waals surface area contributed by atoms with Crippen LogP contribution in [0.25, 0.3) is 11.3 Å². The van der Waals surface area contributed by atoms with Crippen LogP contribution in [-0.4, -0.2) is 55.2 Å². The van der Waals surface area contributed by atoms with Gasteiger partial charge in [-0.3, -0.25) is 9.69 Å². The van der Waals surface area contributed by atoms with Crippen LogP contribution >= 0.6 is 11.6 Å². The molecule has 3 aromatic rings. The van der Waals surface area contributed by atoms with Gasteiger partial charge >= 0.3 is 0 Å². The minimum atomic E-state index is -0.219. The Morgan fingerprint density at radius 2 is 1.94 bits per heavy atom. The second-order valence-corrected chi connectivity index (χ2v) is 8.48. The lowest BCUT2D eigenvalue weighted by molar-refractivity contribution is 0.0940. The van der Waals surface area contributed by atoms with E-state index in [2.05, 4.69) is 26.3 Å². The summed E-state index contributed by atoms with van der Waals surface area (Å²) in [4.78, 5) is 17.4. The Kier molecular flexibility index (Phi) is 6.01. The molecule has 7 nitrogen and oxygen atoms in total. The number of rotatable bonds is 6. The summed E-state index contributed by atoms with van der Waals surface area (Å²) in [6.07, 6.45) is 0.877. The van der Waals surface area contributed by atoms with E-state index in [4.69, 9.17) is 20.9 Å². The molecule has 2 aliphatic heterocycles. The number of benzene rings is 2. The van der Waals surface area contributed by atoms with E-state index in [-0.39, 0.29) is 12.5 Å². The summed E-state index contributed by atoms with van der Waals surface area (Å²) < 4.78 is 11.2. The molecule has 5 rings (SSSR count). The quantitative estimate of drug-likeness (QED) is 0.573. The fourth-order valence-corrected chi connectivity index (χ4v) is 4.44. The SMILES string of the molecule is O=C(NCCCN1CCN(c2cccc(Cl)c2)CC1)c1noc2c1COc1ccccc1-2. The Hall–Kier alpha value is -3.03. The number of anilines is 1. The molecule has 1 N–H and O–H groups in total. The zero-order chi connectivity index (χ0) is 21.9. The minimum absolute atomic E-state index is 0.219. The third-order valence-corrected chi connectivity index (χ3v) is 6.22. The van der Waals surface area contributed by atoms with Crippen molar-refractivity contribution in [1.29, 1.82) is 0 Å². The lowest BCUT2D eigenvalue weighted by Gasteiger charge is -2.36. The second-order valence-electron chi connectivity index (χ2n) is 8.04. The molecule has 0 unspecified atom stereocenters. The number of hydrogen-bond acceptors (Lipinski definition) is 6. The van der Waals surface area contributed by atoms with Crippen molar-refractivity contribution in [1.82, 2.24) is 15.4 Å². The molecule has 1 fully saturated rings. The van der Waals surface area contributed by atoms with Crippen molar-refractivity contribution in [2.24, 2.45) is 0 Å². The number of para-hydroxylation sites is 1. The monoisotopic (exact) mass is 452 g/mol. The first kappa shape index (κ1) is 20.8.